The van der Waals surface area contributed by atoms with Gasteiger partial charge in [-0.2, -0.15) is 0 Å². The molecule has 21 heavy (non-hydrogen) atoms. The van der Waals surface area contributed by atoms with Gasteiger partial charge in [-0.15, -0.1) is 0 Å². The van der Waals surface area contributed by atoms with Gasteiger partial charge in [-0.05, 0) is 30.3 Å². The number of benzene rings is 2. The lowest BCUT2D eigenvalue weighted by Crippen LogP contribution is -2.10. The van der Waals surface area contributed by atoms with Crippen LogP contribution >= 0.6 is 0 Å². The Morgan fingerprint density at radius 1 is 1.10 bits per heavy atom. The van der Waals surface area contributed by atoms with E-state index in [1.165, 1.54) is 0 Å². The van der Waals surface area contributed by atoms with E-state index in [9.17, 15) is 0 Å². The first-order chi connectivity index (χ1) is 10.2. The normalized spacial score (nSPS) is 10.6. The van der Waals surface area contributed by atoms with Crippen molar-refractivity contribution in [2.75, 3.05) is 24.8 Å². The molecule has 0 saturated carbocycles. The van der Waals surface area contributed by atoms with Crippen LogP contribution in [0.2, 0.25) is 0 Å². The van der Waals surface area contributed by atoms with E-state index in [0.29, 0.717) is 0 Å². The van der Waals surface area contributed by atoms with Gasteiger partial charge in [0.05, 0.1) is 7.11 Å². The van der Waals surface area contributed by atoms with Gasteiger partial charge < -0.3 is 15.4 Å². The first-order valence-corrected chi connectivity index (χ1v) is 6.70. The van der Waals surface area contributed by atoms with Crippen molar-refractivity contribution in [3.63, 3.8) is 0 Å². The summed E-state index contributed by atoms with van der Waals surface area (Å²) in [6, 6.07) is 13.9. The Hall–Kier alpha value is -2.75. The number of hydrogen-bond acceptors (Lipinski definition) is 4. The van der Waals surface area contributed by atoms with Crippen molar-refractivity contribution < 1.29 is 4.74 Å². The van der Waals surface area contributed by atoms with E-state index in [1.807, 2.05) is 49.5 Å². The number of methoxy groups -OCH3 is 1. The maximum Gasteiger partial charge on any atom is 0.120 e. The van der Waals surface area contributed by atoms with E-state index < -0.39 is 0 Å². The fraction of sp³-hybridized carbons (Fsp3) is 0.118. The maximum absolute atomic E-state index is 6.03. The molecule has 2 aromatic carbocycles. The summed E-state index contributed by atoms with van der Waals surface area (Å²) in [6.45, 7) is 0. The molecule has 3 rings (SSSR count). The minimum absolute atomic E-state index is 0.737. The molecule has 2 N–H and O–H groups in total. The second kappa shape index (κ2) is 5.32. The van der Waals surface area contributed by atoms with Gasteiger partial charge in [-0.3, -0.25) is 4.98 Å². The van der Waals surface area contributed by atoms with Crippen LogP contribution in [0.3, 0.4) is 0 Å². The first-order valence-electron chi connectivity index (χ1n) is 6.70. The summed E-state index contributed by atoms with van der Waals surface area (Å²) in [7, 11) is 3.70. The summed E-state index contributed by atoms with van der Waals surface area (Å²) in [5.74, 6) is 0.834. The van der Waals surface area contributed by atoms with Gasteiger partial charge in [0.2, 0.25) is 0 Å². The summed E-state index contributed by atoms with van der Waals surface area (Å²) in [4.78, 5) is 6.27. The lowest BCUT2D eigenvalue weighted by Gasteiger charge is -2.22. The molecule has 4 heteroatoms. The van der Waals surface area contributed by atoms with E-state index in [1.54, 1.807) is 19.5 Å². The van der Waals surface area contributed by atoms with Crippen molar-refractivity contribution in [2.24, 2.45) is 0 Å². The zero-order valence-corrected chi connectivity index (χ0v) is 12.1. The number of pyridine rings is 1. The van der Waals surface area contributed by atoms with Crippen molar-refractivity contribution in [3.8, 4) is 5.75 Å². The van der Waals surface area contributed by atoms with Gasteiger partial charge in [-0.1, -0.05) is 6.07 Å². The summed E-state index contributed by atoms with van der Waals surface area (Å²) in [6.07, 6.45) is 3.58. The highest BCUT2D eigenvalue weighted by atomic mass is 16.5. The van der Waals surface area contributed by atoms with Gasteiger partial charge in [0.25, 0.3) is 0 Å². The van der Waals surface area contributed by atoms with Gasteiger partial charge in [0, 0.05) is 53.3 Å². The molecule has 0 unspecified atom stereocenters. The third kappa shape index (κ3) is 2.36. The maximum atomic E-state index is 6.03. The monoisotopic (exact) mass is 279 g/mol. The molecular formula is C17H17N3O. The number of hydrogen-bond donors (Lipinski definition) is 1. The molecule has 0 saturated heterocycles. The van der Waals surface area contributed by atoms with Crippen molar-refractivity contribution >= 4 is 27.8 Å². The summed E-state index contributed by atoms with van der Waals surface area (Å²) < 4.78 is 5.29. The van der Waals surface area contributed by atoms with Crippen LogP contribution in [-0.2, 0) is 0 Å². The van der Waals surface area contributed by atoms with Gasteiger partial charge in [-0.25, -0.2) is 0 Å². The molecule has 0 atom stereocenters. The van der Waals surface area contributed by atoms with Gasteiger partial charge in [0.1, 0.15) is 5.75 Å². The number of aromatic nitrogens is 1. The van der Waals surface area contributed by atoms with Crippen LogP contribution in [0.1, 0.15) is 0 Å². The Morgan fingerprint density at radius 3 is 2.76 bits per heavy atom. The van der Waals surface area contributed by atoms with Crippen LogP contribution in [0.25, 0.3) is 10.8 Å². The van der Waals surface area contributed by atoms with Crippen LogP contribution < -0.4 is 15.4 Å². The predicted molar refractivity (Wildman–Crippen MR) is 87.2 cm³/mol. The molecule has 0 fully saturated rings. The second-order valence-electron chi connectivity index (χ2n) is 4.86. The van der Waals surface area contributed by atoms with Crippen molar-refractivity contribution in [3.05, 3.63) is 54.9 Å². The number of ether oxygens (including phenoxy) is 1. The molecular weight excluding hydrogens is 262 g/mol. The minimum atomic E-state index is 0.737. The van der Waals surface area contributed by atoms with Crippen molar-refractivity contribution in [2.45, 2.75) is 0 Å². The average molecular weight is 279 g/mol. The summed E-state index contributed by atoms with van der Waals surface area (Å²) >= 11 is 0. The molecule has 1 aromatic heterocycles. The first kappa shape index (κ1) is 13.2. The molecule has 0 bridgehead atoms. The number of fused-ring (bicyclic) bond motifs is 1. The number of nitrogens with two attached hydrogens (primary N) is 1. The lowest BCUT2D eigenvalue weighted by molar-refractivity contribution is 0.415. The van der Waals surface area contributed by atoms with E-state index in [0.717, 1.165) is 33.6 Å². The Labute approximate surface area is 123 Å². The SMILES string of the molecule is COc1cccc(N(C)c2ccc(N)c3cnccc23)c1. The molecule has 0 aliphatic heterocycles. The zero-order chi connectivity index (χ0) is 14.8. The Balaban J connectivity index is 2.13. The molecule has 0 aliphatic carbocycles. The molecule has 1 heterocycles. The average Bonchev–Trinajstić information content (AvgIpc) is 2.55. The number of nitrogens with zero attached hydrogens (tertiary/aromatic N) is 2. The molecule has 3 aromatic rings. The van der Waals surface area contributed by atoms with Crippen molar-refractivity contribution in [1.29, 1.82) is 0 Å². The number of anilines is 3. The zero-order valence-electron chi connectivity index (χ0n) is 12.1. The summed E-state index contributed by atoms with van der Waals surface area (Å²) in [5.41, 5.74) is 8.90. The van der Waals surface area contributed by atoms with E-state index in [2.05, 4.69) is 9.88 Å². The number of nitrogen functional groups attached to an aromatic ring is 1. The standard InChI is InChI=1S/C17H17N3O/c1-20(12-4-3-5-13(10-12)21-2)17-7-6-16(18)15-11-19-9-8-14(15)17/h3-11H,18H2,1-2H3. The van der Waals surface area contributed by atoms with Crippen LogP contribution in [-0.4, -0.2) is 19.1 Å². The molecule has 4 nitrogen and oxygen atoms in total. The van der Waals surface area contributed by atoms with Crippen LogP contribution in [0.15, 0.2) is 54.9 Å². The third-order valence-electron chi connectivity index (χ3n) is 3.63. The molecule has 106 valence electrons. The largest absolute Gasteiger partial charge is 0.497 e. The van der Waals surface area contributed by atoms with Crippen LogP contribution in [0.4, 0.5) is 17.1 Å². The topological polar surface area (TPSA) is 51.4 Å². The highest BCUT2D eigenvalue weighted by molar-refractivity contribution is 6.01. The Bertz CT molecular complexity index is 786. The fourth-order valence-corrected chi connectivity index (χ4v) is 2.45. The number of rotatable bonds is 3. The van der Waals surface area contributed by atoms with E-state index in [-0.39, 0.29) is 0 Å². The van der Waals surface area contributed by atoms with E-state index >= 15 is 0 Å². The Morgan fingerprint density at radius 2 is 1.95 bits per heavy atom. The lowest BCUT2D eigenvalue weighted by atomic mass is 10.1. The van der Waals surface area contributed by atoms with Crippen LogP contribution in [0.5, 0.6) is 5.75 Å². The smallest absolute Gasteiger partial charge is 0.120 e. The predicted octanol–water partition coefficient (Wildman–Crippen LogP) is 3.59. The van der Waals surface area contributed by atoms with E-state index in [4.69, 9.17) is 10.5 Å². The van der Waals surface area contributed by atoms with Crippen molar-refractivity contribution in [1.82, 2.24) is 4.98 Å². The molecule has 0 amide bonds. The fourth-order valence-electron chi connectivity index (χ4n) is 2.45. The van der Waals surface area contributed by atoms with Gasteiger partial charge >= 0.3 is 0 Å². The molecule has 0 spiro atoms. The third-order valence-corrected chi connectivity index (χ3v) is 3.63. The quantitative estimate of drug-likeness (QED) is 0.744. The highest BCUT2D eigenvalue weighted by Gasteiger charge is 2.10. The Kier molecular flexibility index (Phi) is 3.36. The van der Waals surface area contributed by atoms with Crippen LogP contribution in [0, 0.1) is 0 Å². The van der Waals surface area contributed by atoms with Gasteiger partial charge in [0.15, 0.2) is 0 Å². The molecule has 0 radical (unpaired) electrons. The second-order valence-corrected chi connectivity index (χ2v) is 4.86. The minimum Gasteiger partial charge on any atom is -0.497 e. The summed E-state index contributed by atoms with van der Waals surface area (Å²) in [5, 5.41) is 2.04. The highest BCUT2D eigenvalue weighted by Crippen LogP contribution is 2.34. The molecule has 0 aliphatic rings.